The number of benzene rings is 2. The molecule has 6 nitrogen and oxygen atoms in total. The molecular weight excluding hydrogens is 334 g/mol. The van der Waals surface area contributed by atoms with E-state index in [1.807, 2.05) is 31.2 Å². The van der Waals surface area contributed by atoms with Gasteiger partial charge in [-0.3, -0.25) is 4.79 Å². The van der Waals surface area contributed by atoms with Crippen LogP contribution in [-0.2, 0) is 11.2 Å². The van der Waals surface area contributed by atoms with E-state index in [2.05, 4.69) is 5.32 Å². The van der Waals surface area contributed by atoms with Gasteiger partial charge in [-0.05, 0) is 42.3 Å². The smallest absolute Gasteiger partial charge is 0.224 e. The Morgan fingerprint density at radius 3 is 2.58 bits per heavy atom. The normalized spacial score (nSPS) is 11.5. The summed E-state index contributed by atoms with van der Waals surface area (Å²) in [6.45, 7) is 2.20. The summed E-state index contributed by atoms with van der Waals surface area (Å²) < 4.78 is 15.9. The molecule has 0 bridgehead atoms. The summed E-state index contributed by atoms with van der Waals surface area (Å²) in [5.41, 5.74) is 1.88. The maximum atomic E-state index is 12.1. The Balaban J connectivity index is 1.77. The fraction of sp³-hybridized carbons (Fsp3) is 0.350. The lowest BCUT2D eigenvalue weighted by atomic mass is 10.1. The molecule has 26 heavy (non-hydrogen) atoms. The van der Waals surface area contributed by atoms with E-state index in [0.29, 0.717) is 17.2 Å². The Bertz CT molecular complexity index is 732. The number of amides is 1. The van der Waals surface area contributed by atoms with Gasteiger partial charge in [0.05, 0.1) is 20.6 Å². The molecule has 0 radical (unpaired) electrons. The van der Waals surface area contributed by atoms with E-state index in [4.69, 9.17) is 14.2 Å². The number of carbonyl (C=O) groups excluding carboxylic acids is 1. The highest BCUT2D eigenvalue weighted by Crippen LogP contribution is 2.27. The minimum Gasteiger partial charge on any atom is -0.493 e. The third-order valence-electron chi connectivity index (χ3n) is 3.78. The molecule has 0 aliphatic heterocycles. The van der Waals surface area contributed by atoms with Crippen LogP contribution in [0.15, 0.2) is 42.5 Å². The van der Waals surface area contributed by atoms with Gasteiger partial charge in [-0.15, -0.1) is 0 Å². The molecular formula is C20H25NO5. The fourth-order valence-electron chi connectivity index (χ4n) is 2.43. The van der Waals surface area contributed by atoms with Gasteiger partial charge in [-0.1, -0.05) is 18.2 Å². The molecule has 0 aliphatic rings. The van der Waals surface area contributed by atoms with Crippen LogP contribution in [0, 0.1) is 6.92 Å². The molecule has 1 atom stereocenters. The van der Waals surface area contributed by atoms with Gasteiger partial charge in [-0.25, -0.2) is 0 Å². The maximum absolute atomic E-state index is 12.1. The predicted octanol–water partition coefficient (Wildman–Crippen LogP) is 2.11. The van der Waals surface area contributed by atoms with Crippen LogP contribution in [0.1, 0.15) is 11.1 Å². The third-order valence-corrected chi connectivity index (χ3v) is 3.78. The summed E-state index contributed by atoms with van der Waals surface area (Å²) in [5, 5.41) is 12.7. The van der Waals surface area contributed by atoms with Crippen LogP contribution in [0.25, 0.3) is 0 Å². The second-order valence-electron chi connectivity index (χ2n) is 5.95. The number of ether oxygens (including phenoxy) is 3. The number of nitrogens with one attached hydrogen (secondary N) is 1. The quantitative estimate of drug-likeness (QED) is 0.717. The Kier molecular flexibility index (Phi) is 7.29. The summed E-state index contributed by atoms with van der Waals surface area (Å²) in [7, 11) is 3.11. The van der Waals surface area contributed by atoms with Crippen LogP contribution in [0.4, 0.5) is 0 Å². The van der Waals surface area contributed by atoms with Gasteiger partial charge in [0.15, 0.2) is 11.5 Å². The van der Waals surface area contributed by atoms with Gasteiger partial charge >= 0.3 is 0 Å². The predicted molar refractivity (Wildman–Crippen MR) is 98.9 cm³/mol. The van der Waals surface area contributed by atoms with Gasteiger partial charge in [0.2, 0.25) is 5.91 Å². The molecule has 0 aromatic heterocycles. The Morgan fingerprint density at radius 1 is 1.12 bits per heavy atom. The summed E-state index contributed by atoms with van der Waals surface area (Å²) >= 11 is 0. The van der Waals surface area contributed by atoms with Crippen molar-refractivity contribution in [1.82, 2.24) is 5.32 Å². The SMILES string of the molecule is COc1ccc(CC(=O)NCC(O)COc2cccc(C)c2)cc1OC. The standard InChI is InChI=1S/C20H25NO5/c1-14-5-4-6-17(9-14)26-13-16(22)12-21-20(23)11-15-7-8-18(24-2)19(10-15)25-3/h4-10,16,22H,11-13H2,1-3H3,(H,21,23). The molecule has 2 aromatic rings. The van der Waals surface area contributed by atoms with E-state index in [0.717, 1.165) is 11.1 Å². The number of aliphatic hydroxyl groups excluding tert-OH is 1. The van der Waals surface area contributed by atoms with Gasteiger partial charge in [-0.2, -0.15) is 0 Å². The molecule has 0 saturated heterocycles. The van der Waals surface area contributed by atoms with Crippen molar-refractivity contribution in [2.75, 3.05) is 27.4 Å². The van der Waals surface area contributed by atoms with Gasteiger partial charge in [0.1, 0.15) is 18.5 Å². The maximum Gasteiger partial charge on any atom is 0.224 e. The molecule has 2 rings (SSSR count). The summed E-state index contributed by atoms with van der Waals surface area (Å²) in [4.78, 5) is 12.1. The molecule has 2 aromatic carbocycles. The van der Waals surface area contributed by atoms with E-state index in [1.165, 1.54) is 0 Å². The number of aliphatic hydroxyl groups is 1. The highest BCUT2D eigenvalue weighted by atomic mass is 16.5. The lowest BCUT2D eigenvalue weighted by Gasteiger charge is -2.14. The zero-order valence-electron chi connectivity index (χ0n) is 15.3. The van der Waals surface area contributed by atoms with Crippen molar-refractivity contribution in [2.45, 2.75) is 19.4 Å². The van der Waals surface area contributed by atoms with Gasteiger partial charge in [0.25, 0.3) is 0 Å². The van der Waals surface area contributed by atoms with Crippen LogP contribution in [-0.4, -0.2) is 44.5 Å². The number of hydrogen-bond donors (Lipinski definition) is 2. The first-order valence-electron chi connectivity index (χ1n) is 8.37. The first kappa shape index (κ1) is 19.6. The van der Waals surface area contributed by atoms with Crippen molar-refractivity contribution in [3.63, 3.8) is 0 Å². The van der Waals surface area contributed by atoms with Crippen molar-refractivity contribution >= 4 is 5.91 Å². The van der Waals surface area contributed by atoms with E-state index in [-0.39, 0.29) is 25.5 Å². The largest absolute Gasteiger partial charge is 0.493 e. The van der Waals surface area contributed by atoms with E-state index in [1.54, 1.807) is 32.4 Å². The zero-order chi connectivity index (χ0) is 18.9. The van der Waals surface area contributed by atoms with Crippen molar-refractivity contribution in [3.8, 4) is 17.2 Å². The molecule has 0 saturated carbocycles. The van der Waals surface area contributed by atoms with Gasteiger partial charge < -0.3 is 24.6 Å². The first-order valence-corrected chi connectivity index (χ1v) is 8.37. The van der Waals surface area contributed by atoms with Crippen LogP contribution >= 0.6 is 0 Å². The van der Waals surface area contributed by atoms with Crippen molar-refractivity contribution in [3.05, 3.63) is 53.6 Å². The summed E-state index contributed by atoms with van der Waals surface area (Å²) in [6, 6.07) is 12.9. The average Bonchev–Trinajstić information content (AvgIpc) is 2.64. The number of rotatable bonds is 9. The molecule has 140 valence electrons. The van der Waals surface area contributed by atoms with Crippen molar-refractivity contribution in [1.29, 1.82) is 0 Å². The van der Waals surface area contributed by atoms with E-state index in [9.17, 15) is 9.90 Å². The van der Waals surface area contributed by atoms with Crippen LogP contribution < -0.4 is 19.5 Å². The lowest BCUT2D eigenvalue weighted by molar-refractivity contribution is -0.121. The Hall–Kier alpha value is -2.73. The molecule has 2 N–H and O–H groups in total. The monoisotopic (exact) mass is 359 g/mol. The number of carbonyl (C=O) groups is 1. The topological polar surface area (TPSA) is 77.0 Å². The minimum atomic E-state index is -0.787. The zero-order valence-corrected chi connectivity index (χ0v) is 15.3. The highest BCUT2D eigenvalue weighted by Gasteiger charge is 2.11. The highest BCUT2D eigenvalue weighted by molar-refractivity contribution is 5.78. The second-order valence-corrected chi connectivity index (χ2v) is 5.95. The van der Waals surface area contributed by atoms with Crippen LogP contribution in [0.5, 0.6) is 17.2 Å². The Morgan fingerprint density at radius 2 is 1.88 bits per heavy atom. The molecule has 6 heteroatoms. The molecule has 0 aliphatic carbocycles. The molecule has 0 spiro atoms. The molecule has 1 unspecified atom stereocenters. The number of aryl methyl sites for hydroxylation is 1. The molecule has 1 amide bonds. The fourth-order valence-corrected chi connectivity index (χ4v) is 2.43. The van der Waals surface area contributed by atoms with Crippen molar-refractivity contribution < 1.29 is 24.1 Å². The minimum absolute atomic E-state index is 0.111. The van der Waals surface area contributed by atoms with Crippen LogP contribution in [0.3, 0.4) is 0 Å². The summed E-state index contributed by atoms with van der Waals surface area (Å²) in [6.07, 6.45) is -0.601. The molecule has 0 heterocycles. The molecule has 0 fully saturated rings. The van der Waals surface area contributed by atoms with Crippen LogP contribution in [0.2, 0.25) is 0 Å². The number of methoxy groups -OCH3 is 2. The number of hydrogen-bond acceptors (Lipinski definition) is 5. The summed E-state index contributed by atoms with van der Waals surface area (Å²) in [5.74, 6) is 1.69. The van der Waals surface area contributed by atoms with Crippen molar-refractivity contribution in [2.24, 2.45) is 0 Å². The van der Waals surface area contributed by atoms with E-state index >= 15 is 0 Å². The second kappa shape index (κ2) is 9.68. The first-order chi connectivity index (χ1) is 12.5. The van der Waals surface area contributed by atoms with E-state index < -0.39 is 6.10 Å². The lowest BCUT2D eigenvalue weighted by Crippen LogP contribution is -2.36. The average molecular weight is 359 g/mol. The third kappa shape index (κ3) is 5.97. The van der Waals surface area contributed by atoms with Gasteiger partial charge in [0, 0.05) is 6.54 Å². The Labute approximate surface area is 153 Å².